The minimum Gasteiger partial charge on any atom is -0.493 e. The van der Waals surface area contributed by atoms with Crippen LogP contribution in [0.3, 0.4) is 0 Å². The number of carbonyl (C=O) groups is 1. The van der Waals surface area contributed by atoms with Gasteiger partial charge in [-0.2, -0.15) is 0 Å². The van der Waals surface area contributed by atoms with Crippen molar-refractivity contribution in [2.24, 2.45) is 11.3 Å². The second-order valence-electron chi connectivity index (χ2n) is 10.7. The first-order valence-electron chi connectivity index (χ1n) is 12.1. The number of ether oxygens (including phenoxy) is 3. The van der Waals surface area contributed by atoms with Crippen LogP contribution in [0.15, 0.2) is 12.1 Å². The molecule has 6 atom stereocenters. The number of hydrogen-bond acceptors (Lipinski definition) is 5. The van der Waals surface area contributed by atoms with Crippen molar-refractivity contribution >= 4 is 5.78 Å². The van der Waals surface area contributed by atoms with Crippen molar-refractivity contribution in [1.29, 1.82) is 0 Å². The van der Waals surface area contributed by atoms with Gasteiger partial charge in [-0.3, -0.25) is 4.79 Å². The van der Waals surface area contributed by atoms with Crippen LogP contribution in [0.2, 0.25) is 0 Å². The average Bonchev–Trinajstić information content (AvgIpc) is 3.12. The molecule has 4 bridgehead atoms. The Hall–Kier alpha value is -1.59. The SMILES string of the molecule is CCCC(=O)[C@H]1C[C@@]23CC[C@@]1(OC)[C@@H]1Oc4c(OC)ccc5c4[C@@]12CCN(C)[C@@H]3CC5. The summed E-state index contributed by atoms with van der Waals surface area (Å²) in [4.78, 5) is 16.1. The van der Waals surface area contributed by atoms with E-state index < -0.39 is 5.60 Å². The number of ketones is 1. The molecule has 2 heterocycles. The van der Waals surface area contributed by atoms with Crippen molar-refractivity contribution in [1.82, 2.24) is 4.90 Å². The molecule has 0 N–H and O–H groups in total. The van der Waals surface area contributed by atoms with Crippen LogP contribution < -0.4 is 9.47 Å². The van der Waals surface area contributed by atoms with Crippen LogP contribution in [-0.2, 0) is 21.4 Å². The quantitative estimate of drug-likeness (QED) is 0.716. The highest BCUT2D eigenvalue weighted by atomic mass is 16.6. The van der Waals surface area contributed by atoms with Gasteiger partial charge in [-0.05, 0) is 70.2 Å². The fourth-order valence-electron chi connectivity index (χ4n) is 8.89. The number of aryl methyl sites for hydroxylation is 1. The summed E-state index contributed by atoms with van der Waals surface area (Å²) in [5.74, 6) is 2.05. The average molecular weight is 426 g/mol. The van der Waals surface area contributed by atoms with E-state index in [4.69, 9.17) is 14.2 Å². The molecule has 0 amide bonds. The molecule has 168 valence electrons. The Morgan fingerprint density at radius 1 is 1.26 bits per heavy atom. The van der Waals surface area contributed by atoms with Crippen LogP contribution in [0.1, 0.15) is 63.0 Å². The zero-order valence-corrected chi connectivity index (χ0v) is 19.3. The van der Waals surface area contributed by atoms with E-state index in [1.54, 1.807) is 7.11 Å². The van der Waals surface area contributed by atoms with Crippen LogP contribution in [0, 0.1) is 11.3 Å². The first-order chi connectivity index (χ1) is 15.0. The Balaban J connectivity index is 1.65. The molecule has 0 radical (unpaired) electrons. The van der Waals surface area contributed by atoms with E-state index in [-0.39, 0.29) is 22.9 Å². The number of piperidine rings is 1. The highest BCUT2D eigenvalue weighted by molar-refractivity contribution is 5.83. The smallest absolute Gasteiger partial charge is 0.165 e. The van der Waals surface area contributed by atoms with E-state index in [1.807, 2.05) is 7.11 Å². The number of methoxy groups -OCH3 is 2. The molecular weight excluding hydrogens is 390 g/mol. The molecule has 5 heteroatoms. The molecule has 2 aliphatic heterocycles. The maximum atomic E-state index is 13.5. The molecule has 6 aliphatic rings. The number of Topliss-reactive ketones (excluding diaryl/α,β-unsaturated/α-hetero) is 1. The third kappa shape index (κ3) is 2.09. The summed E-state index contributed by atoms with van der Waals surface area (Å²) in [5.41, 5.74) is 2.25. The van der Waals surface area contributed by atoms with Crippen LogP contribution in [-0.4, -0.2) is 56.2 Å². The number of hydrogen-bond donors (Lipinski definition) is 0. The number of likely N-dealkylation sites (tertiary alicyclic amines) is 1. The summed E-state index contributed by atoms with van der Waals surface area (Å²) in [5, 5.41) is 0. The third-order valence-electron chi connectivity index (χ3n) is 9.99. The monoisotopic (exact) mass is 425 g/mol. The standard InChI is InChI=1S/C26H35NO4/c1-5-6-18(28)17-15-24-11-12-26(17,30-4)23-25(24)13-14-27(2)20(24)10-8-16-7-9-19(29-3)22(31-23)21(16)25/h7,9,17,20,23H,5-6,8,10-15H2,1-4H3/t17-,20-,23-,24-,25+,26+/m1/s1. The van der Waals surface area contributed by atoms with Crippen molar-refractivity contribution in [3.63, 3.8) is 0 Å². The maximum Gasteiger partial charge on any atom is 0.165 e. The molecule has 1 aromatic carbocycles. The molecule has 7 rings (SSSR count). The Morgan fingerprint density at radius 3 is 2.84 bits per heavy atom. The molecule has 1 aromatic rings. The van der Waals surface area contributed by atoms with Gasteiger partial charge in [0.15, 0.2) is 11.5 Å². The van der Waals surface area contributed by atoms with Crippen molar-refractivity contribution in [3.05, 3.63) is 23.3 Å². The summed E-state index contributed by atoms with van der Waals surface area (Å²) in [6.45, 7) is 3.17. The van der Waals surface area contributed by atoms with Gasteiger partial charge in [-0.25, -0.2) is 0 Å². The second kappa shape index (κ2) is 6.48. The number of nitrogens with zero attached hydrogens (tertiary/aromatic N) is 1. The molecule has 5 nitrogen and oxygen atoms in total. The Labute approximate surface area is 185 Å². The van der Waals surface area contributed by atoms with Crippen molar-refractivity contribution in [3.8, 4) is 11.5 Å². The first-order valence-corrected chi connectivity index (χ1v) is 12.1. The van der Waals surface area contributed by atoms with Crippen LogP contribution in [0.5, 0.6) is 11.5 Å². The molecule has 4 fully saturated rings. The van der Waals surface area contributed by atoms with Gasteiger partial charge < -0.3 is 19.1 Å². The zero-order valence-electron chi connectivity index (χ0n) is 19.3. The Morgan fingerprint density at radius 2 is 2.10 bits per heavy atom. The summed E-state index contributed by atoms with van der Waals surface area (Å²) in [6.07, 6.45) is 7.65. The second-order valence-corrected chi connectivity index (χ2v) is 10.7. The molecule has 3 saturated carbocycles. The third-order valence-corrected chi connectivity index (χ3v) is 9.99. The summed E-state index contributed by atoms with van der Waals surface area (Å²) in [6, 6.07) is 4.83. The fourth-order valence-corrected chi connectivity index (χ4v) is 8.89. The van der Waals surface area contributed by atoms with Crippen LogP contribution >= 0.6 is 0 Å². The van der Waals surface area contributed by atoms with E-state index >= 15 is 0 Å². The molecular formula is C26H35NO4. The van der Waals surface area contributed by atoms with Gasteiger partial charge in [0.25, 0.3) is 0 Å². The van der Waals surface area contributed by atoms with Gasteiger partial charge in [0, 0.05) is 36.0 Å². The maximum absolute atomic E-state index is 13.5. The van der Waals surface area contributed by atoms with Gasteiger partial charge in [-0.1, -0.05) is 13.0 Å². The Bertz CT molecular complexity index is 946. The highest BCUT2D eigenvalue weighted by Crippen LogP contribution is 2.76. The van der Waals surface area contributed by atoms with Gasteiger partial charge in [0.2, 0.25) is 0 Å². The van der Waals surface area contributed by atoms with Crippen LogP contribution in [0.25, 0.3) is 0 Å². The largest absolute Gasteiger partial charge is 0.493 e. The van der Waals surface area contributed by atoms with Crippen molar-refractivity contribution in [2.75, 3.05) is 27.8 Å². The van der Waals surface area contributed by atoms with Gasteiger partial charge in [-0.15, -0.1) is 0 Å². The van der Waals surface area contributed by atoms with Crippen LogP contribution in [0.4, 0.5) is 0 Å². The van der Waals surface area contributed by atoms with E-state index in [0.717, 1.165) is 63.0 Å². The number of benzene rings is 1. The minimum absolute atomic E-state index is 0.0574. The van der Waals surface area contributed by atoms with E-state index in [2.05, 4.69) is 31.0 Å². The molecule has 31 heavy (non-hydrogen) atoms. The lowest BCUT2D eigenvalue weighted by molar-refractivity contribution is -0.267. The highest BCUT2D eigenvalue weighted by Gasteiger charge is 2.80. The summed E-state index contributed by atoms with van der Waals surface area (Å²) < 4.78 is 19.2. The normalized spacial score (nSPS) is 42.0. The van der Waals surface area contributed by atoms with E-state index in [0.29, 0.717) is 18.2 Å². The minimum atomic E-state index is -0.542. The van der Waals surface area contributed by atoms with Gasteiger partial charge in [0.1, 0.15) is 17.5 Å². The van der Waals surface area contributed by atoms with Crippen molar-refractivity contribution < 1.29 is 19.0 Å². The predicted octanol–water partition coefficient (Wildman–Crippen LogP) is 3.90. The molecule has 0 unspecified atom stereocenters. The molecule has 4 aliphatic carbocycles. The lowest BCUT2D eigenvalue weighted by atomic mass is 9.36. The lowest BCUT2D eigenvalue weighted by Crippen LogP contribution is -2.79. The number of rotatable bonds is 5. The number of fused-ring (bicyclic) bond motifs is 2. The Kier molecular flexibility index (Phi) is 4.19. The molecule has 0 aromatic heterocycles. The van der Waals surface area contributed by atoms with Gasteiger partial charge in [0.05, 0.1) is 13.0 Å². The van der Waals surface area contributed by atoms with Gasteiger partial charge >= 0.3 is 0 Å². The first kappa shape index (κ1) is 20.0. The summed E-state index contributed by atoms with van der Waals surface area (Å²) in [7, 11) is 5.85. The van der Waals surface area contributed by atoms with E-state index in [1.165, 1.54) is 11.1 Å². The zero-order chi connectivity index (χ0) is 21.6. The number of carbonyl (C=O) groups excluding carboxylic acids is 1. The summed E-state index contributed by atoms with van der Waals surface area (Å²) >= 11 is 0. The predicted molar refractivity (Wildman–Crippen MR) is 118 cm³/mol. The fraction of sp³-hybridized carbons (Fsp3) is 0.731. The molecule has 2 spiro atoms. The lowest BCUT2D eigenvalue weighted by Gasteiger charge is -2.71. The topological polar surface area (TPSA) is 48.0 Å². The van der Waals surface area contributed by atoms with Crippen molar-refractivity contribution in [2.45, 2.75) is 81.5 Å². The molecule has 1 saturated heterocycles. The van der Waals surface area contributed by atoms with E-state index in [9.17, 15) is 4.79 Å².